The van der Waals surface area contributed by atoms with Crippen molar-refractivity contribution in [1.82, 2.24) is 0 Å². The minimum Gasteiger partial charge on any atom is -0.204 e. The van der Waals surface area contributed by atoms with Gasteiger partial charge in [-0.1, -0.05) is 50.1 Å². The van der Waals surface area contributed by atoms with Crippen molar-refractivity contribution in [1.29, 1.82) is 0 Å². The van der Waals surface area contributed by atoms with Crippen LogP contribution in [0.25, 0.3) is 21.9 Å². The standard InChI is InChI=1S/C23H21F3/c1-14(15-4-2-3-5-15)16-6-7-18-11-19(9-8-17(18)10-16)20-12-21(24)23(26)22(25)13-20/h6-15H,2-5H2,1H3. The Balaban J connectivity index is 1.69. The molecule has 0 heterocycles. The zero-order valence-electron chi connectivity index (χ0n) is 14.7. The molecule has 4 rings (SSSR count). The van der Waals surface area contributed by atoms with Gasteiger partial charge in [0.05, 0.1) is 0 Å². The minimum atomic E-state index is -1.43. The molecule has 0 spiro atoms. The molecule has 0 N–H and O–H groups in total. The third-order valence-electron chi connectivity index (χ3n) is 5.81. The number of hydrogen-bond donors (Lipinski definition) is 0. The van der Waals surface area contributed by atoms with Crippen molar-refractivity contribution in [2.75, 3.05) is 0 Å². The fourth-order valence-corrected chi connectivity index (χ4v) is 4.18. The summed E-state index contributed by atoms with van der Waals surface area (Å²) in [7, 11) is 0. The smallest absolute Gasteiger partial charge is 0.194 e. The van der Waals surface area contributed by atoms with Gasteiger partial charge < -0.3 is 0 Å². The third kappa shape index (κ3) is 3.11. The Morgan fingerprint density at radius 1 is 0.769 bits per heavy atom. The van der Waals surface area contributed by atoms with Gasteiger partial charge in [-0.3, -0.25) is 0 Å². The van der Waals surface area contributed by atoms with Gasteiger partial charge in [0.15, 0.2) is 17.5 Å². The normalized spacial score (nSPS) is 16.3. The second-order valence-electron chi connectivity index (χ2n) is 7.41. The summed E-state index contributed by atoms with van der Waals surface area (Å²) in [4.78, 5) is 0. The molecular weight excluding hydrogens is 333 g/mol. The van der Waals surface area contributed by atoms with Crippen molar-refractivity contribution in [3.05, 3.63) is 71.5 Å². The van der Waals surface area contributed by atoms with Crippen LogP contribution < -0.4 is 0 Å². The second-order valence-corrected chi connectivity index (χ2v) is 7.41. The number of hydrogen-bond acceptors (Lipinski definition) is 0. The van der Waals surface area contributed by atoms with E-state index in [2.05, 4.69) is 25.1 Å². The largest absolute Gasteiger partial charge is 0.204 e. The van der Waals surface area contributed by atoms with Gasteiger partial charge in [0, 0.05) is 0 Å². The van der Waals surface area contributed by atoms with Crippen LogP contribution in [-0.4, -0.2) is 0 Å². The molecular formula is C23H21F3. The second kappa shape index (κ2) is 6.79. The van der Waals surface area contributed by atoms with Gasteiger partial charge in [-0.05, 0) is 70.3 Å². The Morgan fingerprint density at radius 2 is 1.38 bits per heavy atom. The van der Waals surface area contributed by atoms with Gasteiger partial charge in [-0.2, -0.15) is 0 Å². The number of rotatable bonds is 3. The van der Waals surface area contributed by atoms with Gasteiger partial charge in [0.25, 0.3) is 0 Å². The molecule has 1 fully saturated rings. The fourth-order valence-electron chi connectivity index (χ4n) is 4.18. The lowest BCUT2D eigenvalue weighted by atomic mass is 9.85. The van der Waals surface area contributed by atoms with Crippen molar-refractivity contribution >= 4 is 10.8 Å². The molecule has 0 nitrogen and oxygen atoms in total. The van der Waals surface area contributed by atoms with Crippen molar-refractivity contribution in [2.24, 2.45) is 5.92 Å². The molecule has 0 aromatic heterocycles. The van der Waals surface area contributed by atoms with E-state index < -0.39 is 17.5 Å². The van der Waals surface area contributed by atoms with Crippen LogP contribution >= 0.6 is 0 Å². The zero-order valence-corrected chi connectivity index (χ0v) is 14.7. The summed E-state index contributed by atoms with van der Waals surface area (Å²) in [5, 5.41) is 2.12. The van der Waals surface area contributed by atoms with Gasteiger partial charge >= 0.3 is 0 Å². The lowest BCUT2D eigenvalue weighted by Gasteiger charge is -2.19. The van der Waals surface area contributed by atoms with Crippen LogP contribution in [0.15, 0.2) is 48.5 Å². The van der Waals surface area contributed by atoms with E-state index in [0.29, 0.717) is 17.0 Å². The van der Waals surface area contributed by atoms with E-state index in [1.54, 1.807) is 0 Å². The molecule has 3 heteroatoms. The number of halogens is 3. The predicted octanol–water partition coefficient (Wildman–Crippen LogP) is 7.22. The van der Waals surface area contributed by atoms with Crippen molar-refractivity contribution in [3.8, 4) is 11.1 Å². The van der Waals surface area contributed by atoms with E-state index in [4.69, 9.17) is 0 Å². The van der Waals surface area contributed by atoms with Crippen molar-refractivity contribution in [3.63, 3.8) is 0 Å². The third-order valence-corrected chi connectivity index (χ3v) is 5.81. The molecule has 0 aliphatic heterocycles. The van der Waals surface area contributed by atoms with E-state index in [9.17, 15) is 13.2 Å². The van der Waals surface area contributed by atoms with Crippen LogP contribution in [0, 0.1) is 23.4 Å². The minimum absolute atomic E-state index is 0.340. The highest BCUT2D eigenvalue weighted by molar-refractivity contribution is 5.88. The van der Waals surface area contributed by atoms with Gasteiger partial charge in [-0.25, -0.2) is 13.2 Å². The summed E-state index contributed by atoms with van der Waals surface area (Å²) in [6.45, 7) is 2.30. The van der Waals surface area contributed by atoms with Crippen molar-refractivity contribution in [2.45, 2.75) is 38.5 Å². The van der Waals surface area contributed by atoms with E-state index in [-0.39, 0.29) is 0 Å². The highest BCUT2D eigenvalue weighted by atomic mass is 19.2. The molecule has 1 unspecified atom stereocenters. The lowest BCUT2D eigenvalue weighted by molar-refractivity contribution is 0.448. The fraction of sp³-hybridized carbons (Fsp3) is 0.304. The predicted molar refractivity (Wildman–Crippen MR) is 99.6 cm³/mol. The quantitative estimate of drug-likeness (QED) is 0.436. The highest BCUT2D eigenvalue weighted by Gasteiger charge is 2.22. The Kier molecular flexibility index (Phi) is 4.47. The molecule has 3 aromatic rings. The van der Waals surface area contributed by atoms with Crippen LogP contribution in [0.3, 0.4) is 0 Å². The molecule has 1 saturated carbocycles. The summed E-state index contributed by atoms with van der Waals surface area (Å²) >= 11 is 0. The molecule has 0 bridgehead atoms. The van der Waals surface area contributed by atoms with E-state index in [1.807, 2.05) is 18.2 Å². The summed E-state index contributed by atoms with van der Waals surface area (Å²) in [5.41, 5.74) is 2.36. The first kappa shape index (κ1) is 17.1. The van der Waals surface area contributed by atoms with Crippen LogP contribution in [0.1, 0.15) is 44.1 Å². The molecule has 3 aromatic carbocycles. The Bertz CT molecular complexity index is 932. The number of fused-ring (bicyclic) bond motifs is 1. The van der Waals surface area contributed by atoms with E-state index >= 15 is 0 Å². The molecule has 1 atom stereocenters. The van der Waals surface area contributed by atoms with Crippen LogP contribution in [0.4, 0.5) is 13.2 Å². The average Bonchev–Trinajstić information content (AvgIpc) is 3.19. The Labute approximate surface area is 151 Å². The summed E-state index contributed by atoms with van der Waals surface area (Å²) in [5.74, 6) is -2.46. The number of benzene rings is 3. The molecule has 26 heavy (non-hydrogen) atoms. The summed E-state index contributed by atoms with van der Waals surface area (Å²) in [6, 6.07) is 14.2. The molecule has 1 aliphatic carbocycles. The molecule has 134 valence electrons. The van der Waals surface area contributed by atoms with E-state index in [0.717, 1.165) is 28.8 Å². The van der Waals surface area contributed by atoms with E-state index in [1.165, 1.54) is 31.2 Å². The first-order valence-corrected chi connectivity index (χ1v) is 9.21. The first-order chi connectivity index (χ1) is 12.5. The summed E-state index contributed by atoms with van der Waals surface area (Å²) < 4.78 is 40.2. The SMILES string of the molecule is CC(c1ccc2cc(-c3cc(F)c(F)c(F)c3)ccc2c1)C1CCCC1. The lowest BCUT2D eigenvalue weighted by Crippen LogP contribution is -2.05. The van der Waals surface area contributed by atoms with Crippen molar-refractivity contribution < 1.29 is 13.2 Å². The maximum Gasteiger partial charge on any atom is 0.194 e. The Morgan fingerprint density at radius 3 is 2.08 bits per heavy atom. The molecule has 0 amide bonds. The van der Waals surface area contributed by atoms with Gasteiger partial charge in [0.2, 0.25) is 0 Å². The van der Waals surface area contributed by atoms with Gasteiger partial charge in [0.1, 0.15) is 0 Å². The topological polar surface area (TPSA) is 0 Å². The van der Waals surface area contributed by atoms with Crippen LogP contribution in [0.2, 0.25) is 0 Å². The van der Waals surface area contributed by atoms with Gasteiger partial charge in [-0.15, -0.1) is 0 Å². The molecule has 0 saturated heterocycles. The molecule has 1 aliphatic rings. The molecule has 0 radical (unpaired) electrons. The Hall–Kier alpha value is -2.29. The monoisotopic (exact) mass is 354 g/mol. The van der Waals surface area contributed by atoms with Crippen LogP contribution in [0.5, 0.6) is 0 Å². The maximum absolute atomic E-state index is 13.5. The van der Waals surface area contributed by atoms with Crippen LogP contribution in [-0.2, 0) is 0 Å². The maximum atomic E-state index is 13.5. The first-order valence-electron chi connectivity index (χ1n) is 9.21. The summed E-state index contributed by atoms with van der Waals surface area (Å²) in [6.07, 6.45) is 5.27. The highest BCUT2D eigenvalue weighted by Crippen LogP contribution is 2.38. The average molecular weight is 354 g/mol. The zero-order chi connectivity index (χ0) is 18.3.